The number of hydrogen-bond donors (Lipinski definition) is 1. The molecule has 1 aromatic rings. The van der Waals surface area contributed by atoms with Crippen LogP contribution in [0.15, 0.2) is 18.2 Å². The third-order valence-electron chi connectivity index (χ3n) is 3.05. The molecule has 1 unspecified atom stereocenters. The van der Waals surface area contributed by atoms with E-state index < -0.39 is 17.7 Å². The molecule has 0 saturated heterocycles. The molecule has 3 heteroatoms. The minimum absolute atomic E-state index is 0.0619. The Bertz CT molecular complexity index is 335. The molecule has 0 aromatic heterocycles. The van der Waals surface area contributed by atoms with Crippen LogP contribution >= 0.6 is 0 Å². The first-order valence-electron chi connectivity index (χ1n) is 5.72. The third-order valence-corrected chi connectivity index (χ3v) is 3.05. The van der Waals surface area contributed by atoms with E-state index in [0.717, 1.165) is 18.9 Å². The van der Waals surface area contributed by atoms with Gasteiger partial charge >= 0.3 is 0 Å². The number of benzene rings is 1. The summed E-state index contributed by atoms with van der Waals surface area (Å²) in [4.78, 5) is 0. The molecule has 1 nitrogen and oxygen atoms in total. The minimum atomic E-state index is -0.930. The first-order chi connectivity index (χ1) is 7.60. The molecule has 0 fully saturated rings. The van der Waals surface area contributed by atoms with E-state index in [9.17, 15) is 13.9 Å². The van der Waals surface area contributed by atoms with Crippen molar-refractivity contribution in [2.75, 3.05) is 0 Å². The highest BCUT2D eigenvalue weighted by atomic mass is 19.2. The van der Waals surface area contributed by atoms with E-state index in [1.54, 1.807) is 0 Å². The predicted molar refractivity (Wildman–Crippen MR) is 60.0 cm³/mol. The van der Waals surface area contributed by atoms with Crippen molar-refractivity contribution in [1.82, 2.24) is 0 Å². The SMILES string of the molecule is CCC(CC)CC(O)c1cccc(F)c1F. The maximum atomic E-state index is 13.4. The lowest BCUT2D eigenvalue weighted by Gasteiger charge is -2.18. The lowest BCUT2D eigenvalue weighted by atomic mass is 9.92. The van der Waals surface area contributed by atoms with Gasteiger partial charge in [0, 0.05) is 5.56 Å². The Morgan fingerprint density at radius 3 is 2.38 bits per heavy atom. The molecule has 90 valence electrons. The second-order valence-electron chi connectivity index (χ2n) is 4.08. The van der Waals surface area contributed by atoms with Crippen LogP contribution in [-0.4, -0.2) is 5.11 Å². The van der Waals surface area contributed by atoms with Crippen LogP contribution < -0.4 is 0 Å². The van der Waals surface area contributed by atoms with Gasteiger partial charge in [0.25, 0.3) is 0 Å². The summed E-state index contributed by atoms with van der Waals surface area (Å²) in [5.74, 6) is -1.49. The van der Waals surface area contributed by atoms with E-state index in [4.69, 9.17) is 0 Å². The zero-order chi connectivity index (χ0) is 12.1. The number of halogens is 2. The van der Waals surface area contributed by atoms with Gasteiger partial charge in [0.05, 0.1) is 6.10 Å². The van der Waals surface area contributed by atoms with Crippen molar-refractivity contribution < 1.29 is 13.9 Å². The standard InChI is InChI=1S/C13H18F2O/c1-3-9(4-2)8-12(16)10-6-5-7-11(14)13(10)15/h5-7,9,12,16H,3-4,8H2,1-2H3. The van der Waals surface area contributed by atoms with Crippen LogP contribution in [0.5, 0.6) is 0 Å². The fraction of sp³-hybridized carbons (Fsp3) is 0.538. The highest BCUT2D eigenvalue weighted by Gasteiger charge is 2.18. The van der Waals surface area contributed by atoms with Crippen LogP contribution in [-0.2, 0) is 0 Å². The van der Waals surface area contributed by atoms with Crippen molar-refractivity contribution >= 4 is 0 Å². The minimum Gasteiger partial charge on any atom is -0.388 e. The Hall–Kier alpha value is -0.960. The van der Waals surface area contributed by atoms with Crippen LogP contribution in [0.1, 0.15) is 44.8 Å². The van der Waals surface area contributed by atoms with E-state index in [2.05, 4.69) is 0 Å². The van der Waals surface area contributed by atoms with Gasteiger partial charge in [0.2, 0.25) is 0 Å². The van der Waals surface area contributed by atoms with Crippen LogP contribution in [0.25, 0.3) is 0 Å². The summed E-state index contributed by atoms with van der Waals surface area (Å²) in [7, 11) is 0. The molecule has 0 aliphatic heterocycles. The van der Waals surface area contributed by atoms with Gasteiger partial charge in [-0.15, -0.1) is 0 Å². The Balaban J connectivity index is 2.80. The molecule has 1 aromatic carbocycles. The third kappa shape index (κ3) is 3.01. The molecule has 0 spiro atoms. The topological polar surface area (TPSA) is 20.2 Å². The molecule has 0 aliphatic rings. The molecule has 1 rings (SSSR count). The number of aliphatic hydroxyl groups excluding tert-OH is 1. The van der Waals surface area contributed by atoms with Crippen LogP contribution in [0.3, 0.4) is 0 Å². The van der Waals surface area contributed by atoms with E-state index >= 15 is 0 Å². The van der Waals surface area contributed by atoms with Crippen molar-refractivity contribution in [3.05, 3.63) is 35.4 Å². The molecule has 0 bridgehead atoms. The summed E-state index contributed by atoms with van der Waals surface area (Å²) < 4.78 is 26.3. The van der Waals surface area contributed by atoms with Crippen molar-refractivity contribution in [3.8, 4) is 0 Å². The van der Waals surface area contributed by atoms with Crippen molar-refractivity contribution in [3.63, 3.8) is 0 Å². The van der Waals surface area contributed by atoms with E-state index in [0.29, 0.717) is 12.3 Å². The van der Waals surface area contributed by atoms with Gasteiger partial charge in [-0.25, -0.2) is 8.78 Å². The van der Waals surface area contributed by atoms with Gasteiger partial charge in [0.15, 0.2) is 11.6 Å². The molecule has 0 saturated carbocycles. The fourth-order valence-corrected chi connectivity index (χ4v) is 1.84. The Kier molecular flexibility index (Phi) is 4.87. The van der Waals surface area contributed by atoms with Gasteiger partial charge in [0.1, 0.15) is 0 Å². The van der Waals surface area contributed by atoms with Crippen LogP contribution in [0.2, 0.25) is 0 Å². The van der Waals surface area contributed by atoms with E-state index in [1.165, 1.54) is 12.1 Å². The van der Waals surface area contributed by atoms with Gasteiger partial charge in [-0.05, 0) is 18.4 Å². The molecule has 0 amide bonds. The molecule has 0 aliphatic carbocycles. The number of aliphatic hydroxyl groups is 1. The quantitative estimate of drug-likeness (QED) is 0.812. The number of rotatable bonds is 5. The molecule has 0 heterocycles. The molecular weight excluding hydrogens is 210 g/mol. The summed E-state index contributed by atoms with van der Waals surface area (Å²) in [6, 6.07) is 3.91. The Morgan fingerprint density at radius 2 is 1.81 bits per heavy atom. The molecule has 16 heavy (non-hydrogen) atoms. The maximum absolute atomic E-state index is 13.4. The largest absolute Gasteiger partial charge is 0.388 e. The molecule has 1 atom stereocenters. The van der Waals surface area contributed by atoms with E-state index in [-0.39, 0.29) is 5.56 Å². The highest BCUT2D eigenvalue weighted by molar-refractivity contribution is 5.21. The Morgan fingerprint density at radius 1 is 1.19 bits per heavy atom. The second kappa shape index (κ2) is 5.94. The smallest absolute Gasteiger partial charge is 0.164 e. The zero-order valence-corrected chi connectivity index (χ0v) is 9.71. The van der Waals surface area contributed by atoms with Crippen LogP contribution in [0.4, 0.5) is 8.78 Å². The van der Waals surface area contributed by atoms with Crippen LogP contribution in [0, 0.1) is 17.6 Å². The summed E-state index contributed by atoms with van der Waals surface area (Å²) in [6.07, 6.45) is 1.43. The van der Waals surface area contributed by atoms with Gasteiger partial charge < -0.3 is 5.11 Å². The van der Waals surface area contributed by atoms with Crippen molar-refractivity contribution in [2.24, 2.45) is 5.92 Å². The van der Waals surface area contributed by atoms with E-state index in [1.807, 2.05) is 13.8 Å². The lowest BCUT2D eigenvalue weighted by Crippen LogP contribution is -2.08. The summed E-state index contributed by atoms with van der Waals surface area (Å²) >= 11 is 0. The second-order valence-corrected chi connectivity index (χ2v) is 4.08. The normalized spacial score (nSPS) is 13.1. The highest BCUT2D eigenvalue weighted by Crippen LogP contribution is 2.27. The molecule has 1 N–H and O–H groups in total. The molecule has 0 radical (unpaired) electrons. The summed E-state index contributed by atoms with van der Waals surface area (Å²) in [5.41, 5.74) is 0.0619. The van der Waals surface area contributed by atoms with Gasteiger partial charge in [-0.3, -0.25) is 0 Å². The monoisotopic (exact) mass is 228 g/mol. The predicted octanol–water partition coefficient (Wildman–Crippen LogP) is 3.82. The fourth-order valence-electron chi connectivity index (χ4n) is 1.84. The van der Waals surface area contributed by atoms with Gasteiger partial charge in [-0.1, -0.05) is 38.8 Å². The Labute approximate surface area is 95.1 Å². The first-order valence-corrected chi connectivity index (χ1v) is 5.72. The first kappa shape index (κ1) is 13.1. The summed E-state index contributed by atoms with van der Waals surface area (Å²) in [6.45, 7) is 4.06. The summed E-state index contributed by atoms with van der Waals surface area (Å²) in [5, 5.41) is 9.85. The van der Waals surface area contributed by atoms with Crippen molar-refractivity contribution in [2.45, 2.75) is 39.2 Å². The average molecular weight is 228 g/mol. The molecular formula is C13H18F2O. The average Bonchev–Trinajstić information content (AvgIpc) is 2.29. The van der Waals surface area contributed by atoms with Gasteiger partial charge in [-0.2, -0.15) is 0 Å². The zero-order valence-electron chi connectivity index (χ0n) is 9.71. The number of hydrogen-bond acceptors (Lipinski definition) is 1. The van der Waals surface area contributed by atoms with Crippen molar-refractivity contribution in [1.29, 1.82) is 0 Å². The maximum Gasteiger partial charge on any atom is 0.164 e. The lowest BCUT2D eigenvalue weighted by molar-refractivity contribution is 0.136.